The third-order valence-electron chi connectivity index (χ3n) is 1.13. The standard InChI is InChI=1S/C4H13NO9P2/c1-11-15(7,8)13-5(3-4-6)14-16(9,10)12-2/h6H,3-4H2,1-2H3,(H,7,8)(H,9,10). The molecule has 0 aliphatic heterocycles. The van der Waals surface area contributed by atoms with E-state index in [-0.39, 0.29) is 5.23 Å². The van der Waals surface area contributed by atoms with Gasteiger partial charge in [-0.3, -0.25) is 9.05 Å². The molecule has 0 spiro atoms. The van der Waals surface area contributed by atoms with E-state index in [1.54, 1.807) is 0 Å². The number of aliphatic hydroxyl groups is 1. The van der Waals surface area contributed by atoms with Crippen LogP contribution in [0.15, 0.2) is 0 Å². The van der Waals surface area contributed by atoms with Crippen molar-refractivity contribution in [3.8, 4) is 0 Å². The summed E-state index contributed by atoms with van der Waals surface area (Å²) < 4.78 is 38.3. The zero-order valence-electron chi connectivity index (χ0n) is 8.55. The average Bonchev–Trinajstić information content (AvgIpc) is 2.17. The van der Waals surface area contributed by atoms with Gasteiger partial charge in [-0.1, -0.05) is 0 Å². The Morgan fingerprint density at radius 3 is 1.69 bits per heavy atom. The highest BCUT2D eigenvalue weighted by Crippen LogP contribution is 2.48. The molecule has 0 aromatic carbocycles. The van der Waals surface area contributed by atoms with E-state index < -0.39 is 28.8 Å². The fourth-order valence-electron chi connectivity index (χ4n) is 0.475. The normalized spacial score (nSPS) is 19.4. The second-order valence-corrected chi connectivity index (χ2v) is 5.18. The summed E-state index contributed by atoms with van der Waals surface area (Å²) in [5.74, 6) is 0. The summed E-state index contributed by atoms with van der Waals surface area (Å²) in [5.41, 5.74) is 0. The fraction of sp³-hybridized carbons (Fsp3) is 1.00. The van der Waals surface area contributed by atoms with Gasteiger partial charge in [-0.15, -0.1) is 0 Å². The maximum absolute atomic E-state index is 10.9. The first kappa shape index (κ1) is 16.1. The van der Waals surface area contributed by atoms with Crippen molar-refractivity contribution in [1.82, 2.24) is 5.23 Å². The van der Waals surface area contributed by atoms with Crippen LogP contribution < -0.4 is 0 Å². The van der Waals surface area contributed by atoms with E-state index >= 15 is 0 Å². The predicted octanol–water partition coefficient (Wildman–Crippen LogP) is -0.363. The van der Waals surface area contributed by atoms with Crippen LogP contribution in [0.25, 0.3) is 0 Å². The lowest BCUT2D eigenvalue weighted by Gasteiger charge is -2.22. The summed E-state index contributed by atoms with van der Waals surface area (Å²) in [5, 5.41) is 8.68. The Hall–Kier alpha value is 0.140. The molecule has 2 atom stereocenters. The smallest absolute Gasteiger partial charge is 0.395 e. The molecular weight excluding hydrogens is 268 g/mol. The van der Waals surface area contributed by atoms with Crippen LogP contribution in [0.3, 0.4) is 0 Å². The molecule has 0 aliphatic rings. The highest BCUT2D eigenvalue weighted by molar-refractivity contribution is 7.48. The summed E-state index contributed by atoms with van der Waals surface area (Å²) in [6.07, 6.45) is 0. The molecule has 0 aliphatic carbocycles. The van der Waals surface area contributed by atoms with E-state index in [0.29, 0.717) is 0 Å². The van der Waals surface area contributed by atoms with Crippen LogP contribution in [0, 0.1) is 0 Å². The molecule has 0 fully saturated rings. The van der Waals surface area contributed by atoms with Gasteiger partial charge < -0.3 is 14.9 Å². The SMILES string of the molecule is COP(=O)(O)ON(CCO)OP(=O)(O)OC. The molecule has 2 unspecified atom stereocenters. The Labute approximate surface area is 91.4 Å². The van der Waals surface area contributed by atoms with Gasteiger partial charge in [0.15, 0.2) is 0 Å². The van der Waals surface area contributed by atoms with Crippen LogP contribution in [0.4, 0.5) is 0 Å². The Bertz CT molecular complexity index is 269. The highest BCUT2D eigenvalue weighted by Gasteiger charge is 2.31. The summed E-state index contributed by atoms with van der Waals surface area (Å²) in [6, 6.07) is 0. The van der Waals surface area contributed by atoms with Crippen LogP contribution in [0.2, 0.25) is 0 Å². The van der Waals surface area contributed by atoms with E-state index in [4.69, 9.17) is 14.9 Å². The Kier molecular flexibility index (Phi) is 6.83. The number of aliphatic hydroxyl groups excluding tert-OH is 1. The number of hydrogen-bond donors (Lipinski definition) is 3. The number of phosphoric ester groups is 2. The molecule has 16 heavy (non-hydrogen) atoms. The maximum Gasteiger partial charge on any atom is 0.490 e. The third-order valence-corrected chi connectivity index (χ3v) is 2.83. The van der Waals surface area contributed by atoms with Gasteiger partial charge in [0.1, 0.15) is 0 Å². The second-order valence-electron chi connectivity index (χ2n) is 2.25. The highest BCUT2D eigenvalue weighted by atomic mass is 31.2. The van der Waals surface area contributed by atoms with Gasteiger partial charge in [0.05, 0.1) is 13.2 Å². The molecule has 10 nitrogen and oxygen atoms in total. The monoisotopic (exact) mass is 281 g/mol. The third kappa shape index (κ3) is 6.66. The van der Waals surface area contributed by atoms with Gasteiger partial charge in [0, 0.05) is 14.2 Å². The van der Waals surface area contributed by atoms with Crippen LogP contribution in [0.1, 0.15) is 0 Å². The first-order chi connectivity index (χ1) is 7.26. The Morgan fingerprint density at radius 1 is 1.06 bits per heavy atom. The van der Waals surface area contributed by atoms with E-state index in [1.807, 2.05) is 0 Å². The van der Waals surface area contributed by atoms with Crippen LogP contribution in [-0.4, -0.2) is 47.5 Å². The molecule has 3 N–H and O–H groups in total. The number of hydroxylamine groups is 2. The topological polar surface area (TPSA) is 135 Å². The van der Waals surface area contributed by atoms with Crippen LogP contribution >= 0.6 is 15.6 Å². The molecule has 0 saturated carbocycles. The van der Waals surface area contributed by atoms with Crippen molar-refractivity contribution in [2.75, 3.05) is 27.4 Å². The first-order valence-electron chi connectivity index (χ1n) is 3.81. The summed E-state index contributed by atoms with van der Waals surface area (Å²) >= 11 is 0. The molecule has 98 valence electrons. The maximum atomic E-state index is 10.9. The van der Waals surface area contributed by atoms with E-state index in [2.05, 4.69) is 18.3 Å². The Morgan fingerprint density at radius 2 is 1.44 bits per heavy atom. The molecule has 0 aromatic heterocycles. The fourth-order valence-corrected chi connectivity index (χ4v) is 1.35. The van der Waals surface area contributed by atoms with E-state index in [1.165, 1.54) is 0 Å². The zero-order valence-corrected chi connectivity index (χ0v) is 10.3. The molecule has 0 saturated heterocycles. The molecule has 0 radical (unpaired) electrons. The van der Waals surface area contributed by atoms with Gasteiger partial charge in [-0.05, 0) is 5.23 Å². The van der Waals surface area contributed by atoms with Gasteiger partial charge >= 0.3 is 15.6 Å². The minimum Gasteiger partial charge on any atom is -0.395 e. The minimum absolute atomic E-state index is 0.133. The minimum atomic E-state index is -4.45. The predicted molar refractivity (Wildman–Crippen MR) is 49.6 cm³/mol. The average molecular weight is 281 g/mol. The van der Waals surface area contributed by atoms with Crippen molar-refractivity contribution in [3.63, 3.8) is 0 Å². The van der Waals surface area contributed by atoms with E-state index in [9.17, 15) is 9.13 Å². The molecule has 0 bridgehead atoms. The molecule has 12 heteroatoms. The van der Waals surface area contributed by atoms with Crippen molar-refractivity contribution in [2.45, 2.75) is 0 Å². The largest absolute Gasteiger partial charge is 0.490 e. The van der Waals surface area contributed by atoms with Gasteiger partial charge in [-0.25, -0.2) is 9.13 Å². The number of hydrogen-bond acceptors (Lipinski definition) is 8. The molecule has 0 aromatic rings. The molecule has 0 heterocycles. The summed E-state index contributed by atoms with van der Waals surface area (Å²) in [7, 11) is -7.14. The number of nitrogens with zero attached hydrogens (tertiary/aromatic N) is 1. The van der Waals surface area contributed by atoms with E-state index in [0.717, 1.165) is 14.2 Å². The number of phosphoric acid groups is 2. The van der Waals surface area contributed by atoms with Crippen LogP contribution in [-0.2, 0) is 27.4 Å². The summed E-state index contributed by atoms with van der Waals surface area (Å²) in [4.78, 5) is 17.8. The zero-order chi connectivity index (χ0) is 12.8. The Balaban J connectivity index is 4.51. The van der Waals surface area contributed by atoms with Crippen molar-refractivity contribution >= 4 is 15.6 Å². The lowest BCUT2D eigenvalue weighted by molar-refractivity contribution is -0.278. The summed E-state index contributed by atoms with van der Waals surface area (Å²) in [6.45, 7) is -1.03. The first-order valence-corrected chi connectivity index (χ1v) is 6.80. The number of rotatable bonds is 8. The van der Waals surface area contributed by atoms with Crippen molar-refractivity contribution in [1.29, 1.82) is 0 Å². The van der Waals surface area contributed by atoms with Crippen molar-refractivity contribution in [2.24, 2.45) is 0 Å². The lowest BCUT2D eigenvalue weighted by atomic mass is 10.7. The van der Waals surface area contributed by atoms with Crippen molar-refractivity contribution < 1.29 is 42.3 Å². The van der Waals surface area contributed by atoms with Crippen LogP contribution in [0.5, 0.6) is 0 Å². The van der Waals surface area contributed by atoms with Gasteiger partial charge in [0.25, 0.3) is 0 Å². The van der Waals surface area contributed by atoms with Crippen molar-refractivity contribution in [3.05, 3.63) is 0 Å². The molecule has 0 amide bonds. The van der Waals surface area contributed by atoms with Gasteiger partial charge in [-0.2, -0.15) is 9.25 Å². The molecular formula is C4H13NO9P2. The second kappa shape index (κ2) is 6.77. The quantitative estimate of drug-likeness (QED) is 0.399. The molecule has 0 rings (SSSR count). The lowest BCUT2D eigenvalue weighted by Crippen LogP contribution is -2.26. The van der Waals surface area contributed by atoms with Gasteiger partial charge in [0.2, 0.25) is 0 Å².